The summed E-state index contributed by atoms with van der Waals surface area (Å²) in [7, 11) is 1.57. The number of hydrogen-bond donors (Lipinski definition) is 1. The van der Waals surface area contributed by atoms with Gasteiger partial charge in [0.1, 0.15) is 5.60 Å². The average Bonchev–Trinajstić information content (AvgIpc) is 2.54. The molecule has 0 saturated heterocycles. The van der Waals surface area contributed by atoms with Gasteiger partial charge < -0.3 is 14.7 Å². The lowest BCUT2D eigenvalue weighted by atomic mass is 10.1. The quantitative estimate of drug-likeness (QED) is 0.893. The van der Waals surface area contributed by atoms with Gasteiger partial charge in [-0.3, -0.25) is 0 Å². The smallest absolute Gasteiger partial charge is 0.410 e. The molecule has 0 atom stereocenters. The number of amides is 1. The molecule has 0 radical (unpaired) electrons. The van der Waals surface area contributed by atoms with Crippen molar-refractivity contribution in [3.05, 3.63) is 35.7 Å². The van der Waals surface area contributed by atoms with Crippen LogP contribution in [0.1, 0.15) is 37.0 Å². The van der Waals surface area contributed by atoms with Crippen LogP contribution in [0.5, 0.6) is 0 Å². The van der Waals surface area contributed by atoms with Crippen LogP contribution >= 0.6 is 0 Å². The number of carboxylic acid groups (broad SMARTS) is 1. The van der Waals surface area contributed by atoms with E-state index in [9.17, 15) is 9.59 Å². The minimum Gasteiger partial charge on any atom is -0.478 e. The van der Waals surface area contributed by atoms with E-state index < -0.39 is 17.7 Å². The van der Waals surface area contributed by atoms with Gasteiger partial charge in [-0.1, -0.05) is 12.1 Å². The maximum absolute atomic E-state index is 11.9. The molecule has 9 nitrogen and oxygen atoms in total. The first-order chi connectivity index (χ1) is 11.7. The number of aromatic nitrogens is 4. The molecule has 132 valence electrons. The minimum atomic E-state index is -1.01. The van der Waals surface area contributed by atoms with Crippen LogP contribution in [0.2, 0.25) is 0 Å². The summed E-state index contributed by atoms with van der Waals surface area (Å²) in [5.41, 5.74) is 0.173. The van der Waals surface area contributed by atoms with Crippen LogP contribution in [0.4, 0.5) is 4.79 Å². The molecule has 2 rings (SSSR count). The molecule has 1 amide bonds. The van der Waals surface area contributed by atoms with Crippen molar-refractivity contribution in [2.24, 2.45) is 0 Å². The number of carbonyl (C=O) groups excluding carboxylic acids is 1. The topological polar surface area (TPSA) is 118 Å². The Hall–Kier alpha value is -3.10. The molecule has 0 spiro atoms. The SMILES string of the molecule is CN(Cc1nnc(-c2ccc(C(=O)O)cc2)nn1)C(=O)OC(C)(C)C. The molecule has 1 heterocycles. The molecule has 0 saturated carbocycles. The first-order valence-corrected chi connectivity index (χ1v) is 7.50. The fraction of sp³-hybridized carbons (Fsp3) is 0.375. The molecule has 0 fully saturated rings. The van der Waals surface area contributed by atoms with Gasteiger partial charge in [-0.2, -0.15) is 0 Å². The Bertz CT molecular complexity index is 754. The molecule has 0 aliphatic carbocycles. The van der Waals surface area contributed by atoms with Gasteiger partial charge in [0.2, 0.25) is 5.82 Å². The summed E-state index contributed by atoms with van der Waals surface area (Å²) in [5, 5.41) is 24.7. The molecule has 1 aromatic carbocycles. The summed E-state index contributed by atoms with van der Waals surface area (Å²) in [4.78, 5) is 24.1. The van der Waals surface area contributed by atoms with E-state index in [1.54, 1.807) is 40.0 Å². The van der Waals surface area contributed by atoms with Crippen LogP contribution in [0, 0.1) is 0 Å². The molecule has 9 heteroatoms. The van der Waals surface area contributed by atoms with E-state index in [-0.39, 0.29) is 23.8 Å². The zero-order chi connectivity index (χ0) is 18.6. The number of carbonyl (C=O) groups is 2. The Labute approximate surface area is 144 Å². The highest BCUT2D eigenvalue weighted by molar-refractivity contribution is 5.88. The highest BCUT2D eigenvalue weighted by atomic mass is 16.6. The van der Waals surface area contributed by atoms with Crippen LogP contribution in [0.15, 0.2) is 24.3 Å². The second-order valence-electron chi connectivity index (χ2n) is 6.36. The van der Waals surface area contributed by atoms with Gasteiger partial charge >= 0.3 is 12.1 Å². The Kier molecular flexibility index (Phi) is 5.26. The molecular weight excluding hydrogens is 326 g/mol. The monoisotopic (exact) mass is 345 g/mol. The predicted octanol–water partition coefficient (Wildman–Crippen LogP) is 2.00. The lowest BCUT2D eigenvalue weighted by Gasteiger charge is -2.23. The van der Waals surface area contributed by atoms with Crippen molar-refractivity contribution < 1.29 is 19.4 Å². The Morgan fingerprint density at radius 2 is 1.64 bits per heavy atom. The maximum Gasteiger partial charge on any atom is 0.410 e. The van der Waals surface area contributed by atoms with Crippen molar-refractivity contribution in [3.63, 3.8) is 0 Å². The number of aromatic carboxylic acids is 1. The molecule has 1 N–H and O–H groups in total. The Morgan fingerprint density at radius 3 is 2.12 bits per heavy atom. The van der Waals surface area contributed by atoms with Crippen LogP contribution in [-0.2, 0) is 11.3 Å². The van der Waals surface area contributed by atoms with Crippen molar-refractivity contribution in [3.8, 4) is 11.4 Å². The molecule has 2 aromatic rings. The molecule has 0 unspecified atom stereocenters. The highest BCUT2D eigenvalue weighted by Gasteiger charge is 2.20. The summed E-state index contributed by atoms with van der Waals surface area (Å²) in [6.45, 7) is 5.45. The largest absolute Gasteiger partial charge is 0.478 e. The highest BCUT2D eigenvalue weighted by Crippen LogP contribution is 2.14. The molecule has 0 bridgehead atoms. The van der Waals surface area contributed by atoms with E-state index in [4.69, 9.17) is 9.84 Å². The van der Waals surface area contributed by atoms with Crippen molar-refractivity contribution in [1.29, 1.82) is 0 Å². The standard InChI is InChI=1S/C16H19N5O4/c1-16(2,3)25-15(24)21(4)9-12-17-19-13(20-18-12)10-5-7-11(8-6-10)14(22)23/h5-8H,9H2,1-4H3,(H,22,23). The summed E-state index contributed by atoms with van der Waals surface area (Å²) >= 11 is 0. The predicted molar refractivity (Wildman–Crippen MR) is 87.7 cm³/mol. The second kappa shape index (κ2) is 7.20. The molecule has 25 heavy (non-hydrogen) atoms. The first kappa shape index (κ1) is 18.2. The van der Waals surface area contributed by atoms with E-state index >= 15 is 0 Å². The average molecular weight is 345 g/mol. The number of benzene rings is 1. The van der Waals surface area contributed by atoms with Crippen LogP contribution in [-0.4, -0.2) is 55.1 Å². The summed E-state index contributed by atoms with van der Waals surface area (Å²) in [6.07, 6.45) is -0.496. The third-order valence-electron chi connectivity index (χ3n) is 2.99. The number of carboxylic acids is 1. The van der Waals surface area contributed by atoms with E-state index in [1.807, 2.05) is 0 Å². The molecular formula is C16H19N5O4. The van der Waals surface area contributed by atoms with Gasteiger partial charge in [-0.25, -0.2) is 9.59 Å². The zero-order valence-corrected chi connectivity index (χ0v) is 14.4. The normalized spacial score (nSPS) is 11.0. The molecule has 0 aliphatic rings. The Balaban J connectivity index is 2.04. The van der Waals surface area contributed by atoms with E-state index in [2.05, 4.69) is 20.4 Å². The van der Waals surface area contributed by atoms with Crippen molar-refractivity contribution >= 4 is 12.1 Å². The summed E-state index contributed by atoms with van der Waals surface area (Å²) < 4.78 is 5.24. The van der Waals surface area contributed by atoms with E-state index in [0.29, 0.717) is 5.56 Å². The van der Waals surface area contributed by atoms with Gasteiger partial charge in [0, 0.05) is 12.6 Å². The molecule has 0 aliphatic heterocycles. The van der Waals surface area contributed by atoms with Crippen LogP contribution in [0.3, 0.4) is 0 Å². The number of hydrogen-bond acceptors (Lipinski definition) is 7. The maximum atomic E-state index is 11.9. The first-order valence-electron chi connectivity index (χ1n) is 7.50. The summed E-state index contributed by atoms with van der Waals surface area (Å²) in [6, 6.07) is 6.06. The van der Waals surface area contributed by atoms with Gasteiger partial charge in [0.05, 0.1) is 12.1 Å². The van der Waals surface area contributed by atoms with E-state index in [1.165, 1.54) is 17.0 Å². The lowest BCUT2D eigenvalue weighted by molar-refractivity contribution is 0.0279. The van der Waals surface area contributed by atoms with Gasteiger partial charge in [0.15, 0.2) is 5.82 Å². The third-order valence-corrected chi connectivity index (χ3v) is 2.99. The van der Waals surface area contributed by atoms with Crippen molar-refractivity contribution in [2.75, 3.05) is 7.05 Å². The number of nitrogens with zero attached hydrogens (tertiary/aromatic N) is 5. The van der Waals surface area contributed by atoms with Gasteiger partial charge in [-0.15, -0.1) is 20.4 Å². The van der Waals surface area contributed by atoms with Crippen LogP contribution < -0.4 is 0 Å². The third kappa shape index (κ3) is 5.20. The molecule has 1 aromatic heterocycles. The fourth-order valence-electron chi connectivity index (χ4n) is 1.81. The second-order valence-corrected chi connectivity index (χ2v) is 6.36. The number of ether oxygens (including phenoxy) is 1. The lowest BCUT2D eigenvalue weighted by Crippen LogP contribution is -2.34. The Morgan fingerprint density at radius 1 is 1.08 bits per heavy atom. The number of rotatable bonds is 4. The van der Waals surface area contributed by atoms with Crippen molar-refractivity contribution in [1.82, 2.24) is 25.3 Å². The van der Waals surface area contributed by atoms with Crippen LogP contribution in [0.25, 0.3) is 11.4 Å². The van der Waals surface area contributed by atoms with Gasteiger partial charge in [0.25, 0.3) is 0 Å². The van der Waals surface area contributed by atoms with E-state index in [0.717, 1.165) is 0 Å². The minimum absolute atomic E-state index is 0.104. The summed E-state index contributed by atoms with van der Waals surface area (Å²) in [5.74, 6) is -0.482. The zero-order valence-electron chi connectivity index (χ0n) is 14.4. The van der Waals surface area contributed by atoms with Gasteiger partial charge in [-0.05, 0) is 32.9 Å². The fourth-order valence-corrected chi connectivity index (χ4v) is 1.81. The van der Waals surface area contributed by atoms with Crippen molar-refractivity contribution in [2.45, 2.75) is 32.9 Å².